The zero-order valence-electron chi connectivity index (χ0n) is 9.99. The van der Waals surface area contributed by atoms with Crippen LogP contribution in [0.5, 0.6) is 0 Å². The van der Waals surface area contributed by atoms with Gasteiger partial charge in [0.2, 0.25) is 0 Å². The van der Waals surface area contributed by atoms with Gasteiger partial charge in [-0.15, -0.1) is 0 Å². The number of nitrogens with one attached hydrogen (secondary N) is 1. The van der Waals surface area contributed by atoms with E-state index in [2.05, 4.69) is 17.5 Å². The van der Waals surface area contributed by atoms with Gasteiger partial charge >= 0.3 is 11.8 Å². The monoisotopic (exact) mass is 259 g/mol. The third kappa shape index (κ3) is 3.64. The van der Waals surface area contributed by atoms with Crippen LogP contribution in [0.4, 0.5) is 0 Å². The van der Waals surface area contributed by atoms with Crippen LogP contribution in [0.25, 0.3) is 0 Å². The van der Waals surface area contributed by atoms with Gasteiger partial charge in [-0.05, 0) is 13.8 Å². The molecule has 0 aromatic rings. The lowest BCUT2D eigenvalue weighted by Crippen LogP contribution is -2.59. The predicted molar refractivity (Wildman–Crippen MR) is 66.4 cm³/mol. The maximum atomic E-state index is 11.9. The summed E-state index contributed by atoms with van der Waals surface area (Å²) in [4.78, 5) is 25.1. The maximum Gasteiger partial charge on any atom is 0.312 e. The molecule has 1 heterocycles. The number of hydrogen-bond donors (Lipinski definition) is 2. The lowest BCUT2D eigenvalue weighted by molar-refractivity contribution is -0.156. The van der Waals surface area contributed by atoms with E-state index in [9.17, 15) is 9.59 Å². The molecular weight excluding hydrogens is 242 g/mol. The highest BCUT2D eigenvalue weighted by molar-refractivity contribution is 7.80. The van der Waals surface area contributed by atoms with Gasteiger partial charge in [-0.2, -0.15) is 0 Å². The van der Waals surface area contributed by atoms with Crippen LogP contribution in [0, 0.1) is 0 Å². The molecule has 1 aliphatic rings. The summed E-state index contributed by atoms with van der Waals surface area (Å²) in [5.74, 6) is -1.26. The maximum absolute atomic E-state index is 11.9. The fourth-order valence-electron chi connectivity index (χ4n) is 1.60. The van der Waals surface area contributed by atoms with Gasteiger partial charge in [0.15, 0.2) is 0 Å². The first-order chi connectivity index (χ1) is 7.84. The molecule has 1 saturated heterocycles. The Morgan fingerprint density at radius 1 is 1.53 bits per heavy atom. The normalized spacial score (nSPS) is 18.6. The van der Waals surface area contributed by atoms with Crippen molar-refractivity contribution in [2.75, 3.05) is 26.3 Å². The van der Waals surface area contributed by atoms with Crippen molar-refractivity contribution >= 4 is 29.0 Å². The van der Waals surface area contributed by atoms with E-state index in [-0.39, 0.29) is 11.5 Å². The van der Waals surface area contributed by atoms with E-state index in [0.717, 1.165) is 0 Å². The van der Waals surface area contributed by atoms with Crippen LogP contribution in [-0.4, -0.2) is 53.5 Å². The van der Waals surface area contributed by atoms with E-state index in [1.807, 2.05) is 13.8 Å². The van der Waals surface area contributed by atoms with Crippen molar-refractivity contribution in [3.63, 3.8) is 0 Å². The first kappa shape index (κ1) is 13.9. The van der Waals surface area contributed by atoms with Crippen LogP contribution in [0.1, 0.15) is 13.8 Å². The number of morpholine rings is 1. The smallest absolute Gasteiger partial charge is 0.312 e. The van der Waals surface area contributed by atoms with Crippen molar-refractivity contribution in [3.8, 4) is 0 Å². The molecule has 0 bridgehead atoms. The molecule has 1 rings (SSSR count). The minimum Gasteiger partial charge on any atom is -0.392 e. The van der Waals surface area contributed by atoms with Gasteiger partial charge in [-0.1, -0.05) is 12.2 Å². The van der Waals surface area contributed by atoms with Crippen molar-refractivity contribution in [1.82, 2.24) is 10.2 Å². The van der Waals surface area contributed by atoms with Crippen LogP contribution >= 0.6 is 12.2 Å². The molecule has 0 atom stereocenters. The minimum absolute atomic E-state index is 0.0324. The van der Waals surface area contributed by atoms with Crippen molar-refractivity contribution < 1.29 is 14.3 Å². The number of carbonyl (C=O) groups excluding carboxylic acids is 2. The molecule has 17 heavy (non-hydrogen) atoms. The standard InChI is InChI=1S/C10H17N3O3S/c1-10(2)6-16-4-3-13(10)9(15)8(14)12-5-7(11)17/h3-6H2,1-2H3,(H2,11,17)(H,12,14). The van der Waals surface area contributed by atoms with E-state index in [1.165, 1.54) is 4.90 Å². The molecular formula is C10H17N3O3S. The molecule has 0 saturated carbocycles. The van der Waals surface area contributed by atoms with Crippen LogP contribution in [-0.2, 0) is 14.3 Å². The summed E-state index contributed by atoms with van der Waals surface area (Å²) in [6.07, 6.45) is 0. The van der Waals surface area contributed by atoms with Gasteiger partial charge in [0.25, 0.3) is 0 Å². The molecule has 96 valence electrons. The summed E-state index contributed by atoms with van der Waals surface area (Å²) in [6.45, 7) is 5.01. The topological polar surface area (TPSA) is 84.7 Å². The summed E-state index contributed by atoms with van der Waals surface area (Å²) in [5, 5.41) is 2.38. The van der Waals surface area contributed by atoms with Crippen molar-refractivity contribution in [2.24, 2.45) is 5.73 Å². The Balaban J connectivity index is 2.61. The minimum atomic E-state index is -0.687. The highest BCUT2D eigenvalue weighted by Gasteiger charge is 2.36. The Kier molecular flexibility index (Phi) is 4.41. The van der Waals surface area contributed by atoms with E-state index in [4.69, 9.17) is 10.5 Å². The average molecular weight is 259 g/mol. The molecule has 0 unspecified atom stereocenters. The number of hydrogen-bond acceptors (Lipinski definition) is 4. The third-order valence-corrected chi connectivity index (χ3v) is 2.65. The number of carbonyl (C=O) groups is 2. The molecule has 0 spiro atoms. The van der Waals surface area contributed by atoms with Crippen molar-refractivity contribution in [2.45, 2.75) is 19.4 Å². The molecule has 0 aromatic heterocycles. The number of amides is 2. The van der Waals surface area contributed by atoms with Crippen molar-refractivity contribution in [1.29, 1.82) is 0 Å². The van der Waals surface area contributed by atoms with E-state index >= 15 is 0 Å². The molecule has 7 heteroatoms. The first-order valence-corrected chi connectivity index (χ1v) is 5.71. The molecule has 1 fully saturated rings. The summed E-state index contributed by atoms with van der Waals surface area (Å²) in [5.41, 5.74) is 4.77. The summed E-state index contributed by atoms with van der Waals surface area (Å²) >= 11 is 4.62. The van der Waals surface area contributed by atoms with E-state index in [0.29, 0.717) is 19.8 Å². The van der Waals surface area contributed by atoms with Gasteiger partial charge in [0.1, 0.15) is 0 Å². The van der Waals surface area contributed by atoms with Gasteiger partial charge < -0.3 is 20.7 Å². The van der Waals surface area contributed by atoms with E-state index < -0.39 is 17.4 Å². The molecule has 6 nitrogen and oxygen atoms in total. The highest BCUT2D eigenvalue weighted by atomic mass is 32.1. The molecule has 0 aliphatic carbocycles. The molecule has 0 aromatic carbocycles. The molecule has 3 N–H and O–H groups in total. The first-order valence-electron chi connectivity index (χ1n) is 5.30. The average Bonchev–Trinajstić information content (AvgIpc) is 2.24. The number of nitrogens with two attached hydrogens (primary N) is 1. The second-order valence-corrected chi connectivity index (χ2v) is 5.00. The molecule has 2 amide bonds. The second-order valence-electron chi connectivity index (χ2n) is 4.47. The van der Waals surface area contributed by atoms with Gasteiger partial charge in [0.05, 0.1) is 30.3 Å². The van der Waals surface area contributed by atoms with Crippen LogP contribution in [0.2, 0.25) is 0 Å². The fourth-order valence-corrected chi connectivity index (χ4v) is 1.67. The van der Waals surface area contributed by atoms with Gasteiger partial charge in [-0.25, -0.2) is 0 Å². The Morgan fingerprint density at radius 2 is 2.18 bits per heavy atom. The van der Waals surface area contributed by atoms with Crippen molar-refractivity contribution in [3.05, 3.63) is 0 Å². The summed E-state index contributed by atoms with van der Waals surface area (Å²) in [6, 6.07) is 0. The predicted octanol–water partition coefficient (Wildman–Crippen LogP) is -0.974. The Bertz CT molecular complexity index is 344. The summed E-state index contributed by atoms with van der Waals surface area (Å²) in [7, 11) is 0. The van der Waals surface area contributed by atoms with Crippen LogP contribution < -0.4 is 11.1 Å². The van der Waals surface area contributed by atoms with E-state index in [1.54, 1.807) is 0 Å². The van der Waals surface area contributed by atoms with Gasteiger partial charge in [-0.3, -0.25) is 9.59 Å². The molecule has 0 radical (unpaired) electrons. The number of ether oxygens (including phenoxy) is 1. The third-order valence-electron chi connectivity index (χ3n) is 2.51. The van der Waals surface area contributed by atoms with Crippen LogP contribution in [0.15, 0.2) is 0 Å². The Morgan fingerprint density at radius 3 is 2.71 bits per heavy atom. The quantitative estimate of drug-likeness (QED) is 0.492. The lowest BCUT2D eigenvalue weighted by atomic mass is 10.0. The largest absolute Gasteiger partial charge is 0.392 e. The Labute approximate surface area is 105 Å². The molecule has 1 aliphatic heterocycles. The Hall–Kier alpha value is -1.21. The number of thiocarbonyl (C=S) groups is 1. The van der Waals surface area contributed by atoms with Gasteiger partial charge in [0, 0.05) is 6.54 Å². The van der Waals surface area contributed by atoms with Crippen LogP contribution in [0.3, 0.4) is 0 Å². The zero-order chi connectivity index (χ0) is 13.1. The zero-order valence-corrected chi connectivity index (χ0v) is 10.8. The SMILES string of the molecule is CC1(C)COCCN1C(=O)C(=O)NCC(N)=S. The second kappa shape index (κ2) is 5.42. The number of rotatable bonds is 2. The lowest BCUT2D eigenvalue weighted by Gasteiger charge is -2.41. The number of nitrogens with zero attached hydrogens (tertiary/aromatic N) is 1. The fraction of sp³-hybridized carbons (Fsp3) is 0.700. The highest BCUT2D eigenvalue weighted by Crippen LogP contribution is 2.18. The summed E-state index contributed by atoms with van der Waals surface area (Å²) < 4.78 is 5.28.